The number of nitrogens with zero attached hydrogens (tertiary/aromatic N) is 4. The summed E-state index contributed by atoms with van der Waals surface area (Å²) < 4.78 is 20.6. The van der Waals surface area contributed by atoms with Crippen LogP contribution >= 0.6 is 0 Å². The Bertz CT molecular complexity index is 1610. The summed E-state index contributed by atoms with van der Waals surface area (Å²) in [6.45, 7) is 2.20. The molecule has 0 radical (unpaired) electrons. The molecule has 206 valence electrons. The minimum atomic E-state index is -1.09. The fourth-order valence-corrected chi connectivity index (χ4v) is 4.75. The molecular weight excluding hydrogens is 515 g/mol. The van der Waals surface area contributed by atoms with Gasteiger partial charge in [0.25, 0.3) is 11.8 Å². The van der Waals surface area contributed by atoms with E-state index in [-0.39, 0.29) is 29.7 Å². The molecule has 0 fully saturated rings. The molecule has 1 atom stereocenters. The summed E-state index contributed by atoms with van der Waals surface area (Å²) in [6, 6.07) is 13.1. The van der Waals surface area contributed by atoms with Crippen LogP contribution in [0.15, 0.2) is 60.9 Å². The molecule has 0 saturated heterocycles. The van der Waals surface area contributed by atoms with Crippen LogP contribution in [0.5, 0.6) is 5.75 Å². The van der Waals surface area contributed by atoms with E-state index in [0.29, 0.717) is 24.5 Å². The van der Waals surface area contributed by atoms with Gasteiger partial charge in [0.1, 0.15) is 23.5 Å². The highest BCUT2D eigenvalue weighted by molar-refractivity contribution is 5.97. The van der Waals surface area contributed by atoms with Gasteiger partial charge in [0.05, 0.1) is 23.9 Å². The summed E-state index contributed by atoms with van der Waals surface area (Å²) in [5, 5.41) is 12.6. The van der Waals surface area contributed by atoms with Crippen LogP contribution in [-0.2, 0) is 11.3 Å². The van der Waals surface area contributed by atoms with Crippen molar-refractivity contribution in [3.63, 3.8) is 0 Å². The summed E-state index contributed by atoms with van der Waals surface area (Å²) in [5.74, 6) is -0.210. The van der Waals surface area contributed by atoms with Crippen molar-refractivity contribution < 1.29 is 23.8 Å². The van der Waals surface area contributed by atoms with Crippen molar-refractivity contribution in [2.75, 3.05) is 19.4 Å². The molecule has 1 aliphatic heterocycles. The number of rotatable bonds is 7. The second-order valence-electron chi connectivity index (χ2n) is 9.50. The molecule has 0 bridgehead atoms. The van der Waals surface area contributed by atoms with Gasteiger partial charge in [-0.2, -0.15) is 0 Å². The standard InChI is InChI=1S/C29H29FN6O4/c1-17(37)28(39)35-13-3-4-20(16-35)25-23-11-12-32-29(31)36(23)26(34-25)19-7-5-18(6-8-19)15-33-27(38)22-14-21(30)9-10-24(22)40-2/h5-12,14,16-17,37H,3-4,13,15H2,1-2H3,(H2,31,32)(H,33,38)/t17-/m0/s1. The highest BCUT2D eigenvalue weighted by Crippen LogP contribution is 2.32. The third-order valence-corrected chi connectivity index (χ3v) is 6.75. The first-order valence-electron chi connectivity index (χ1n) is 12.8. The Hall–Kier alpha value is -4.77. The van der Waals surface area contributed by atoms with E-state index < -0.39 is 17.8 Å². The molecule has 2 amide bonds. The van der Waals surface area contributed by atoms with Crippen molar-refractivity contribution in [3.8, 4) is 17.1 Å². The number of anilines is 1. The molecule has 2 aromatic carbocycles. The molecule has 40 heavy (non-hydrogen) atoms. The fourth-order valence-electron chi connectivity index (χ4n) is 4.75. The summed E-state index contributed by atoms with van der Waals surface area (Å²) in [7, 11) is 1.42. The van der Waals surface area contributed by atoms with E-state index in [2.05, 4.69) is 10.3 Å². The summed E-state index contributed by atoms with van der Waals surface area (Å²) in [6.07, 6.45) is 3.72. The van der Waals surface area contributed by atoms with Crippen molar-refractivity contribution >= 4 is 28.9 Å². The molecule has 4 N–H and O–H groups in total. The third kappa shape index (κ3) is 5.23. The maximum absolute atomic E-state index is 13.7. The number of allylic oxidation sites excluding steroid dienone is 1. The van der Waals surface area contributed by atoms with E-state index in [1.165, 1.54) is 31.1 Å². The normalized spacial score (nSPS) is 14.1. The minimum absolute atomic E-state index is 0.115. The molecule has 5 rings (SSSR count). The van der Waals surface area contributed by atoms with Crippen molar-refractivity contribution in [1.29, 1.82) is 0 Å². The highest BCUT2D eigenvalue weighted by atomic mass is 19.1. The number of carbonyl (C=O) groups excluding carboxylic acids is 2. The lowest BCUT2D eigenvalue weighted by Crippen LogP contribution is -2.36. The van der Waals surface area contributed by atoms with Gasteiger partial charge in [-0.3, -0.25) is 14.0 Å². The van der Waals surface area contributed by atoms with E-state index in [9.17, 15) is 19.1 Å². The Morgan fingerprint density at radius 2 is 1.98 bits per heavy atom. The Balaban J connectivity index is 1.41. The number of halogens is 1. The van der Waals surface area contributed by atoms with Gasteiger partial charge in [0.2, 0.25) is 5.95 Å². The van der Waals surface area contributed by atoms with Crippen molar-refractivity contribution in [2.45, 2.75) is 32.4 Å². The minimum Gasteiger partial charge on any atom is -0.496 e. The van der Waals surface area contributed by atoms with E-state index >= 15 is 0 Å². The lowest BCUT2D eigenvalue weighted by atomic mass is 10.0. The molecule has 4 aromatic rings. The number of aliphatic hydroxyl groups excluding tert-OH is 1. The lowest BCUT2D eigenvalue weighted by molar-refractivity contribution is -0.136. The fraction of sp³-hybridized carbons (Fsp3) is 0.241. The summed E-state index contributed by atoms with van der Waals surface area (Å²) in [4.78, 5) is 35.7. The van der Waals surface area contributed by atoms with Gasteiger partial charge < -0.3 is 25.8 Å². The number of nitrogens with two attached hydrogens (primary N) is 1. The number of amides is 2. The van der Waals surface area contributed by atoms with E-state index in [1.54, 1.807) is 16.8 Å². The number of ether oxygens (including phenoxy) is 1. The molecule has 0 aliphatic carbocycles. The van der Waals surface area contributed by atoms with Crippen LogP contribution < -0.4 is 15.8 Å². The van der Waals surface area contributed by atoms with Gasteiger partial charge in [-0.15, -0.1) is 0 Å². The molecule has 0 unspecified atom stereocenters. The average Bonchev–Trinajstić information content (AvgIpc) is 3.37. The van der Waals surface area contributed by atoms with E-state index in [1.807, 2.05) is 30.3 Å². The maximum atomic E-state index is 13.7. The molecule has 0 spiro atoms. The van der Waals surface area contributed by atoms with Crippen LogP contribution in [0, 0.1) is 5.82 Å². The number of hydrogen-bond acceptors (Lipinski definition) is 7. The molecular formula is C29H29FN6O4. The van der Waals surface area contributed by atoms with Gasteiger partial charge in [0, 0.05) is 31.0 Å². The number of imidazole rings is 1. The zero-order valence-corrected chi connectivity index (χ0v) is 22.1. The zero-order chi connectivity index (χ0) is 28.4. The first-order chi connectivity index (χ1) is 19.3. The average molecular weight is 545 g/mol. The first kappa shape index (κ1) is 26.8. The van der Waals surface area contributed by atoms with Gasteiger partial charge >= 0.3 is 0 Å². The van der Waals surface area contributed by atoms with Gasteiger partial charge in [-0.25, -0.2) is 14.4 Å². The quantitative estimate of drug-likeness (QED) is 0.325. The van der Waals surface area contributed by atoms with Gasteiger partial charge in [-0.05, 0) is 55.2 Å². The van der Waals surface area contributed by atoms with Crippen molar-refractivity contribution in [1.82, 2.24) is 24.6 Å². The predicted octanol–water partition coefficient (Wildman–Crippen LogP) is 3.40. The Labute approximate surface area is 229 Å². The Morgan fingerprint density at radius 3 is 2.70 bits per heavy atom. The first-order valence-corrected chi connectivity index (χ1v) is 12.8. The second-order valence-corrected chi connectivity index (χ2v) is 9.50. The van der Waals surface area contributed by atoms with Crippen LogP contribution in [0.25, 0.3) is 22.5 Å². The summed E-state index contributed by atoms with van der Waals surface area (Å²) >= 11 is 0. The van der Waals surface area contributed by atoms with Crippen molar-refractivity contribution in [3.05, 3.63) is 83.6 Å². The van der Waals surface area contributed by atoms with Gasteiger partial charge in [-0.1, -0.05) is 24.3 Å². The molecule has 0 saturated carbocycles. The zero-order valence-electron chi connectivity index (χ0n) is 22.1. The number of methoxy groups -OCH3 is 1. The number of carbonyl (C=O) groups is 2. The Morgan fingerprint density at radius 1 is 1.20 bits per heavy atom. The van der Waals surface area contributed by atoms with Crippen LogP contribution in [0.3, 0.4) is 0 Å². The van der Waals surface area contributed by atoms with Crippen LogP contribution in [-0.4, -0.2) is 55.9 Å². The number of benzene rings is 2. The monoisotopic (exact) mass is 544 g/mol. The number of nitrogens with one attached hydrogen (secondary N) is 1. The lowest BCUT2D eigenvalue weighted by Gasteiger charge is -2.25. The number of nitrogen functional groups attached to an aromatic ring is 1. The predicted molar refractivity (Wildman–Crippen MR) is 148 cm³/mol. The van der Waals surface area contributed by atoms with E-state index in [0.717, 1.165) is 34.7 Å². The molecule has 11 heteroatoms. The van der Waals surface area contributed by atoms with E-state index in [4.69, 9.17) is 15.5 Å². The second kappa shape index (κ2) is 11.1. The maximum Gasteiger partial charge on any atom is 0.255 e. The topological polar surface area (TPSA) is 135 Å². The number of aromatic nitrogens is 3. The highest BCUT2D eigenvalue weighted by Gasteiger charge is 2.24. The molecule has 10 nitrogen and oxygen atoms in total. The Kier molecular flexibility index (Phi) is 7.47. The number of fused-ring (bicyclic) bond motifs is 1. The molecule has 1 aliphatic rings. The molecule has 3 heterocycles. The third-order valence-electron chi connectivity index (χ3n) is 6.75. The summed E-state index contributed by atoms with van der Waals surface area (Å²) in [5.41, 5.74) is 10.3. The number of hydrogen-bond donors (Lipinski definition) is 3. The van der Waals surface area contributed by atoms with Crippen LogP contribution in [0.2, 0.25) is 0 Å². The SMILES string of the molecule is COc1ccc(F)cc1C(=O)NCc1ccc(-c2nc(C3=CN(C(=O)[C@H](C)O)CCC3)c3ccnc(N)n23)cc1. The largest absolute Gasteiger partial charge is 0.496 e. The van der Waals surface area contributed by atoms with Gasteiger partial charge in [0.15, 0.2) is 0 Å². The number of aliphatic hydroxyl groups is 1. The van der Waals surface area contributed by atoms with Crippen LogP contribution in [0.4, 0.5) is 10.3 Å². The smallest absolute Gasteiger partial charge is 0.255 e. The molecule has 2 aromatic heterocycles. The van der Waals surface area contributed by atoms with Crippen LogP contribution in [0.1, 0.15) is 41.4 Å². The van der Waals surface area contributed by atoms with Crippen molar-refractivity contribution in [2.24, 2.45) is 0 Å².